The number of nitrogens with two attached hydrogens (primary N) is 1. The van der Waals surface area contributed by atoms with E-state index in [1.54, 1.807) is 13.1 Å². The third kappa shape index (κ3) is 2.01. The van der Waals surface area contributed by atoms with Gasteiger partial charge in [0.1, 0.15) is 5.65 Å². The van der Waals surface area contributed by atoms with Crippen LogP contribution in [0.2, 0.25) is 0 Å². The number of carboxylic acids is 1. The largest absolute Gasteiger partial charge is 0.481 e. The highest BCUT2D eigenvalue weighted by Gasteiger charge is 2.28. The Morgan fingerprint density at radius 1 is 1.65 bits per heavy atom. The van der Waals surface area contributed by atoms with Gasteiger partial charge in [0, 0.05) is 24.8 Å². The summed E-state index contributed by atoms with van der Waals surface area (Å²) in [6.45, 7) is 1.73. The predicted octanol–water partition coefficient (Wildman–Crippen LogP) is 1.22. The molecule has 0 aliphatic carbocycles. The summed E-state index contributed by atoms with van der Waals surface area (Å²) in [7, 11) is 1.87. The van der Waals surface area contributed by atoms with Crippen molar-refractivity contribution < 1.29 is 9.90 Å². The van der Waals surface area contributed by atoms with Crippen LogP contribution in [-0.4, -0.2) is 20.6 Å². The van der Waals surface area contributed by atoms with E-state index in [-0.39, 0.29) is 6.42 Å². The van der Waals surface area contributed by atoms with Crippen molar-refractivity contribution in [2.24, 2.45) is 12.8 Å². The van der Waals surface area contributed by atoms with Gasteiger partial charge >= 0.3 is 5.97 Å². The van der Waals surface area contributed by atoms with E-state index in [0.717, 1.165) is 16.6 Å². The van der Waals surface area contributed by atoms with Crippen LogP contribution in [0.15, 0.2) is 24.5 Å². The Morgan fingerprint density at radius 2 is 2.35 bits per heavy atom. The van der Waals surface area contributed by atoms with Crippen LogP contribution < -0.4 is 5.73 Å². The van der Waals surface area contributed by atoms with Crippen molar-refractivity contribution in [2.75, 3.05) is 0 Å². The standard InChI is InChI=1S/C12H15N3O2/c1-12(13,6-10(16)17)9-7-15(2)11-8(9)4-3-5-14-11/h3-5,7H,6,13H2,1-2H3,(H,16,17)/t12-/m0/s1. The van der Waals surface area contributed by atoms with Crippen LogP contribution in [0.3, 0.4) is 0 Å². The third-order valence-corrected chi connectivity index (χ3v) is 2.87. The van der Waals surface area contributed by atoms with Crippen LogP contribution >= 0.6 is 0 Å². The molecule has 0 spiro atoms. The molecule has 5 nitrogen and oxygen atoms in total. The molecule has 2 rings (SSSR count). The molecule has 0 saturated heterocycles. The molecule has 0 aliphatic heterocycles. The number of nitrogens with zero attached hydrogens (tertiary/aromatic N) is 2. The fourth-order valence-corrected chi connectivity index (χ4v) is 2.08. The minimum atomic E-state index is -0.907. The molecule has 1 atom stereocenters. The molecule has 2 aromatic heterocycles. The first kappa shape index (κ1) is 11.6. The SMILES string of the molecule is Cn1cc([C@@](C)(N)CC(=O)O)c2cccnc21. The molecule has 90 valence electrons. The summed E-state index contributed by atoms with van der Waals surface area (Å²) in [6, 6.07) is 3.73. The lowest BCUT2D eigenvalue weighted by atomic mass is 9.90. The summed E-state index contributed by atoms with van der Waals surface area (Å²) < 4.78 is 1.86. The van der Waals surface area contributed by atoms with Crippen molar-refractivity contribution in [1.82, 2.24) is 9.55 Å². The molecule has 3 N–H and O–H groups in total. The molecule has 0 radical (unpaired) electrons. The molecule has 0 aromatic carbocycles. The normalized spacial score (nSPS) is 14.8. The van der Waals surface area contributed by atoms with Gasteiger partial charge in [-0.3, -0.25) is 4.79 Å². The van der Waals surface area contributed by atoms with E-state index in [1.165, 1.54) is 0 Å². The van der Waals surface area contributed by atoms with Crippen LogP contribution in [0.1, 0.15) is 18.9 Å². The highest BCUT2D eigenvalue weighted by Crippen LogP contribution is 2.29. The molecule has 0 amide bonds. The number of aliphatic carboxylic acids is 1. The van der Waals surface area contributed by atoms with Gasteiger partial charge in [0.15, 0.2) is 0 Å². The highest BCUT2D eigenvalue weighted by atomic mass is 16.4. The summed E-state index contributed by atoms with van der Waals surface area (Å²) in [4.78, 5) is 15.1. The second-order valence-electron chi connectivity index (χ2n) is 4.52. The predicted molar refractivity (Wildman–Crippen MR) is 64.5 cm³/mol. The number of rotatable bonds is 3. The Hall–Kier alpha value is -1.88. The van der Waals surface area contributed by atoms with E-state index >= 15 is 0 Å². The molecule has 2 aromatic rings. The molecule has 0 bridgehead atoms. The number of carboxylic acid groups (broad SMARTS) is 1. The number of hydrogen-bond donors (Lipinski definition) is 2. The number of pyridine rings is 1. The second-order valence-corrected chi connectivity index (χ2v) is 4.52. The van der Waals surface area contributed by atoms with Crippen molar-refractivity contribution in [2.45, 2.75) is 18.9 Å². The van der Waals surface area contributed by atoms with Crippen molar-refractivity contribution in [1.29, 1.82) is 0 Å². The second kappa shape index (κ2) is 3.85. The van der Waals surface area contributed by atoms with Gasteiger partial charge in [0.25, 0.3) is 0 Å². The molecule has 0 fully saturated rings. The van der Waals surface area contributed by atoms with E-state index in [4.69, 9.17) is 10.8 Å². The summed E-state index contributed by atoms with van der Waals surface area (Å²) in [6.07, 6.45) is 3.44. The van der Waals surface area contributed by atoms with Crippen LogP contribution in [-0.2, 0) is 17.4 Å². The van der Waals surface area contributed by atoms with Gasteiger partial charge in [-0.15, -0.1) is 0 Å². The fourth-order valence-electron chi connectivity index (χ4n) is 2.08. The van der Waals surface area contributed by atoms with Crippen molar-refractivity contribution >= 4 is 17.0 Å². The van der Waals surface area contributed by atoms with Crippen LogP contribution in [0.5, 0.6) is 0 Å². The maximum atomic E-state index is 10.8. The van der Waals surface area contributed by atoms with Gasteiger partial charge in [0.2, 0.25) is 0 Å². The molecule has 17 heavy (non-hydrogen) atoms. The van der Waals surface area contributed by atoms with Gasteiger partial charge in [-0.1, -0.05) is 0 Å². The highest BCUT2D eigenvalue weighted by molar-refractivity contribution is 5.82. The molecule has 2 heterocycles. The fraction of sp³-hybridized carbons (Fsp3) is 0.333. The number of hydrogen-bond acceptors (Lipinski definition) is 3. The minimum Gasteiger partial charge on any atom is -0.481 e. The molecule has 0 unspecified atom stereocenters. The van der Waals surface area contributed by atoms with E-state index < -0.39 is 11.5 Å². The summed E-state index contributed by atoms with van der Waals surface area (Å²) >= 11 is 0. The topological polar surface area (TPSA) is 81.1 Å². The summed E-state index contributed by atoms with van der Waals surface area (Å²) in [5, 5.41) is 9.79. The molecule has 5 heteroatoms. The summed E-state index contributed by atoms with van der Waals surface area (Å²) in [5.41, 5.74) is 6.82. The van der Waals surface area contributed by atoms with Crippen molar-refractivity contribution in [3.05, 3.63) is 30.1 Å². The number of carbonyl (C=O) groups is 1. The Kier molecular flexibility index (Phi) is 2.63. The average Bonchev–Trinajstić information content (AvgIpc) is 2.56. The van der Waals surface area contributed by atoms with Crippen LogP contribution in [0, 0.1) is 0 Å². The molecular formula is C12H15N3O2. The van der Waals surface area contributed by atoms with E-state index in [0.29, 0.717) is 0 Å². The lowest BCUT2D eigenvalue weighted by Gasteiger charge is -2.21. The lowest BCUT2D eigenvalue weighted by molar-refractivity contribution is -0.138. The lowest BCUT2D eigenvalue weighted by Crippen LogP contribution is -2.35. The first-order valence-electron chi connectivity index (χ1n) is 5.33. The Labute approximate surface area is 98.9 Å². The molecule has 0 aliphatic rings. The van der Waals surface area contributed by atoms with Crippen molar-refractivity contribution in [3.8, 4) is 0 Å². The van der Waals surface area contributed by atoms with Crippen LogP contribution in [0.25, 0.3) is 11.0 Å². The average molecular weight is 233 g/mol. The van der Waals surface area contributed by atoms with E-state index in [9.17, 15) is 4.79 Å². The van der Waals surface area contributed by atoms with Gasteiger partial charge in [-0.25, -0.2) is 4.98 Å². The number of aromatic nitrogens is 2. The molecule has 0 saturated carbocycles. The van der Waals surface area contributed by atoms with Gasteiger partial charge in [0.05, 0.1) is 12.0 Å². The first-order chi connectivity index (χ1) is 7.92. The number of aryl methyl sites for hydroxylation is 1. The van der Waals surface area contributed by atoms with Crippen molar-refractivity contribution in [3.63, 3.8) is 0 Å². The zero-order chi connectivity index (χ0) is 12.6. The maximum Gasteiger partial charge on any atom is 0.305 e. The van der Waals surface area contributed by atoms with Gasteiger partial charge < -0.3 is 15.4 Å². The van der Waals surface area contributed by atoms with Crippen LogP contribution in [0.4, 0.5) is 0 Å². The minimum absolute atomic E-state index is 0.110. The third-order valence-electron chi connectivity index (χ3n) is 2.87. The quantitative estimate of drug-likeness (QED) is 0.835. The Bertz CT molecular complexity index is 572. The summed E-state index contributed by atoms with van der Waals surface area (Å²) in [5.74, 6) is -0.907. The zero-order valence-electron chi connectivity index (χ0n) is 9.84. The first-order valence-corrected chi connectivity index (χ1v) is 5.33. The van der Waals surface area contributed by atoms with Gasteiger partial charge in [-0.2, -0.15) is 0 Å². The zero-order valence-corrected chi connectivity index (χ0v) is 9.84. The Balaban J connectivity index is 2.59. The Morgan fingerprint density at radius 3 is 3.00 bits per heavy atom. The van der Waals surface area contributed by atoms with Gasteiger partial charge in [-0.05, 0) is 24.6 Å². The maximum absolute atomic E-state index is 10.8. The number of fused-ring (bicyclic) bond motifs is 1. The molecular weight excluding hydrogens is 218 g/mol. The monoisotopic (exact) mass is 233 g/mol. The van der Waals surface area contributed by atoms with E-state index in [2.05, 4.69) is 4.98 Å². The smallest absolute Gasteiger partial charge is 0.305 e. The van der Waals surface area contributed by atoms with E-state index in [1.807, 2.05) is 29.9 Å².